The van der Waals surface area contributed by atoms with Crippen molar-refractivity contribution < 1.29 is 9.66 Å². The first-order chi connectivity index (χ1) is 8.93. The van der Waals surface area contributed by atoms with E-state index in [1.807, 2.05) is 13.8 Å². The third-order valence-corrected chi connectivity index (χ3v) is 2.78. The van der Waals surface area contributed by atoms with Crippen LogP contribution in [0.5, 0.6) is 0 Å². The molecule has 0 amide bonds. The van der Waals surface area contributed by atoms with E-state index < -0.39 is 0 Å². The van der Waals surface area contributed by atoms with Gasteiger partial charge in [-0.05, 0) is 27.7 Å². The van der Waals surface area contributed by atoms with E-state index in [1.165, 1.54) is 0 Å². The van der Waals surface area contributed by atoms with E-state index in [1.54, 1.807) is 20.0 Å². The largest absolute Gasteiger partial charge is 0.377 e. The fraction of sp³-hybridized carbons (Fsp3) is 0.615. The van der Waals surface area contributed by atoms with Gasteiger partial charge in [0.1, 0.15) is 0 Å². The van der Waals surface area contributed by atoms with Crippen LogP contribution in [0, 0.1) is 24.0 Å². The molecule has 0 aliphatic carbocycles. The van der Waals surface area contributed by atoms with Crippen LogP contribution >= 0.6 is 0 Å². The zero-order valence-corrected chi connectivity index (χ0v) is 11.9. The highest BCUT2D eigenvalue weighted by molar-refractivity contribution is 5.47. The predicted molar refractivity (Wildman–Crippen MR) is 73.2 cm³/mol. The minimum atomic E-state index is -0.349. The van der Waals surface area contributed by atoms with Gasteiger partial charge < -0.3 is 10.1 Å². The second-order valence-electron chi connectivity index (χ2n) is 4.71. The lowest BCUT2D eigenvalue weighted by Crippen LogP contribution is -2.22. The van der Waals surface area contributed by atoms with E-state index in [2.05, 4.69) is 10.3 Å². The molecule has 6 nitrogen and oxygen atoms in total. The van der Waals surface area contributed by atoms with Crippen LogP contribution in [0.15, 0.2) is 6.20 Å². The van der Waals surface area contributed by atoms with Crippen molar-refractivity contribution in [2.24, 2.45) is 0 Å². The Balaban J connectivity index is 2.60. The van der Waals surface area contributed by atoms with Crippen molar-refractivity contribution in [3.63, 3.8) is 0 Å². The first-order valence-corrected chi connectivity index (χ1v) is 6.35. The molecule has 0 saturated heterocycles. The van der Waals surface area contributed by atoms with Gasteiger partial charge in [-0.1, -0.05) is 0 Å². The lowest BCUT2D eigenvalue weighted by Gasteiger charge is -2.10. The van der Waals surface area contributed by atoms with Gasteiger partial charge in [-0.2, -0.15) is 0 Å². The summed E-state index contributed by atoms with van der Waals surface area (Å²) in [6.45, 7) is 9.22. The van der Waals surface area contributed by atoms with Crippen LogP contribution < -0.4 is 5.32 Å². The SMILES string of the molecule is Cc1cnc(CNCCOC(C)C)c(C)c1[N+](=O)[O-]. The van der Waals surface area contributed by atoms with Crippen LogP contribution in [0.25, 0.3) is 0 Å². The third kappa shape index (κ3) is 4.57. The normalized spacial score (nSPS) is 11.0. The van der Waals surface area contributed by atoms with Crippen LogP contribution in [0.2, 0.25) is 0 Å². The van der Waals surface area contributed by atoms with Crippen molar-refractivity contribution in [3.8, 4) is 0 Å². The summed E-state index contributed by atoms with van der Waals surface area (Å²) >= 11 is 0. The van der Waals surface area contributed by atoms with Gasteiger partial charge in [-0.15, -0.1) is 0 Å². The van der Waals surface area contributed by atoms with Crippen molar-refractivity contribution >= 4 is 5.69 Å². The quantitative estimate of drug-likeness (QED) is 0.465. The summed E-state index contributed by atoms with van der Waals surface area (Å²) in [5.74, 6) is 0. The highest BCUT2D eigenvalue weighted by atomic mass is 16.6. The zero-order chi connectivity index (χ0) is 14.4. The highest BCUT2D eigenvalue weighted by Crippen LogP contribution is 2.23. The molecule has 1 aromatic rings. The molecule has 0 radical (unpaired) electrons. The summed E-state index contributed by atoms with van der Waals surface area (Å²) in [6, 6.07) is 0. The number of aryl methyl sites for hydroxylation is 1. The summed E-state index contributed by atoms with van der Waals surface area (Å²) < 4.78 is 5.40. The lowest BCUT2D eigenvalue weighted by atomic mass is 10.1. The Morgan fingerprint density at radius 3 is 2.74 bits per heavy atom. The average Bonchev–Trinajstić information content (AvgIpc) is 2.30. The molecule has 1 heterocycles. The fourth-order valence-corrected chi connectivity index (χ4v) is 1.80. The molecule has 0 atom stereocenters. The van der Waals surface area contributed by atoms with Gasteiger partial charge in [0, 0.05) is 30.4 Å². The maximum absolute atomic E-state index is 11.0. The average molecular weight is 267 g/mol. The number of nitrogens with one attached hydrogen (secondary N) is 1. The molecule has 0 unspecified atom stereocenters. The summed E-state index contributed by atoms with van der Waals surface area (Å²) in [5.41, 5.74) is 2.09. The van der Waals surface area contributed by atoms with Crippen molar-refractivity contribution in [1.82, 2.24) is 10.3 Å². The summed E-state index contributed by atoms with van der Waals surface area (Å²) in [4.78, 5) is 14.9. The number of nitrogens with zero attached hydrogens (tertiary/aromatic N) is 2. The van der Waals surface area contributed by atoms with Gasteiger partial charge in [0.25, 0.3) is 5.69 Å². The molecule has 0 aliphatic heterocycles. The van der Waals surface area contributed by atoms with Crippen LogP contribution in [0.4, 0.5) is 5.69 Å². The van der Waals surface area contributed by atoms with Gasteiger partial charge >= 0.3 is 0 Å². The number of ether oxygens (including phenoxy) is 1. The van der Waals surface area contributed by atoms with E-state index in [0.29, 0.717) is 36.5 Å². The second-order valence-corrected chi connectivity index (χ2v) is 4.71. The molecule has 1 N–H and O–H groups in total. The lowest BCUT2D eigenvalue weighted by molar-refractivity contribution is -0.386. The molecule has 0 aliphatic rings. The molecule has 6 heteroatoms. The first-order valence-electron chi connectivity index (χ1n) is 6.35. The molecule has 1 aromatic heterocycles. The molecule has 1 rings (SSSR count). The molecule has 0 spiro atoms. The fourth-order valence-electron chi connectivity index (χ4n) is 1.80. The van der Waals surface area contributed by atoms with Gasteiger partial charge in [-0.25, -0.2) is 0 Å². The van der Waals surface area contributed by atoms with E-state index in [4.69, 9.17) is 4.74 Å². The Labute approximate surface area is 113 Å². The topological polar surface area (TPSA) is 77.3 Å². The number of hydrogen-bond acceptors (Lipinski definition) is 5. The highest BCUT2D eigenvalue weighted by Gasteiger charge is 2.18. The van der Waals surface area contributed by atoms with Crippen molar-refractivity contribution in [1.29, 1.82) is 0 Å². The number of pyridine rings is 1. The molecule has 0 aromatic carbocycles. The Morgan fingerprint density at radius 1 is 1.47 bits per heavy atom. The van der Waals surface area contributed by atoms with E-state index in [0.717, 1.165) is 0 Å². The Kier molecular flexibility index (Phi) is 5.85. The van der Waals surface area contributed by atoms with Crippen LogP contribution in [0.1, 0.15) is 30.7 Å². The summed E-state index contributed by atoms with van der Waals surface area (Å²) in [7, 11) is 0. The predicted octanol–water partition coefficient (Wildman–Crippen LogP) is 2.12. The van der Waals surface area contributed by atoms with Gasteiger partial charge in [-0.3, -0.25) is 15.1 Å². The van der Waals surface area contributed by atoms with Crippen molar-refractivity contribution in [2.75, 3.05) is 13.2 Å². The summed E-state index contributed by atoms with van der Waals surface area (Å²) in [5, 5.41) is 14.2. The molecule has 106 valence electrons. The van der Waals surface area contributed by atoms with E-state index in [-0.39, 0.29) is 16.7 Å². The Hall–Kier alpha value is -1.53. The Morgan fingerprint density at radius 2 is 2.16 bits per heavy atom. The standard InChI is InChI=1S/C13H21N3O3/c1-9(2)19-6-5-14-8-12-11(4)13(16(17)18)10(3)7-15-12/h7,9,14H,5-6,8H2,1-4H3. The van der Waals surface area contributed by atoms with E-state index in [9.17, 15) is 10.1 Å². The van der Waals surface area contributed by atoms with Crippen molar-refractivity contribution in [2.45, 2.75) is 40.3 Å². The number of rotatable bonds is 7. The van der Waals surface area contributed by atoms with Gasteiger partial charge in [0.05, 0.1) is 23.3 Å². The second kappa shape index (κ2) is 7.16. The van der Waals surface area contributed by atoms with Gasteiger partial charge in [0.15, 0.2) is 0 Å². The number of hydrogen-bond donors (Lipinski definition) is 1. The maximum Gasteiger partial charge on any atom is 0.278 e. The zero-order valence-electron chi connectivity index (χ0n) is 11.9. The summed E-state index contributed by atoms with van der Waals surface area (Å²) in [6.07, 6.45) is 1.76. The first kappa shape index (κ1) is 15.5. The van der Waals surface area contributed by atoms with Crippen molar-refractivity contribution in [3.05, 3.63) is 33.1 Å². The third-order valence-electron chi connectivity index (χ3n) is 2.78. The number of aromatic nitrogens is 1. The Bertz CT molecular complexity index is 447. The van der Waals surface area contributed by atoms with Crippen LogP contribution in [-0.2, 0) is 11.3 Å². The maximum atomic E-state index is 11.0. The molecule has 19 heavy (non-hydrogen) atoms. The molecule has 0 bridgehead atoms. The molecule has 0 fully saturated rings. The van der Waals surface area contributed by atoms with Gasteiger partial charge in [0.2, 0.25) is 0 Å². The minimum Gasteiger partial charge on any atom is -0.377 e. The van der Waals surface area contributed by atoms with Crippen LogP contribution in [0.3, 0.4) is 0 Å². The minimum absolute atomic E-state index is 0.158. The number of nitro groups is 1. The van der Waals surface area contributed by atoms with E-state index >= 15 is 0 Å². The van der Waals surface area contributed by atoms with Crippen LogP contribution in [-0.4, -0.2) is 29.2 Å². The molecular formula is C13H21N3O3. The smallest absolute Gasteiger partial charge is 0.278 e. The molecular weight excluding hydrogens is 246 g/mol. The monoisotopic (exact) mass is 267 g/mol. The molecule has 0 saturated carbocycles.